The number of nitrogens with zero attached hydrogens (tertiary/aromatic N) is 1. The molecule has 98 valence electrons. The lowest BCUT2D eigenvalue weighted by Crippen LogP contribution is -2.00. The zero-order valence-corrected chi connectivity index (χ0v) is 10.3. The SMILES string of the molecule is CCc1[nH]c(-c2ccc3c(c2)OCO3)nc1C(=O)O. The van der Waals surface area contributed by atoms with Gasteiger partial charge in [-0.05, 0) is 24.6 Å². The van der Waals surface area contributed by atoms with Crippen LogP contribution in [0.3, 0.4) is 0 Å². The van der Waals surface area contributed by atoms with Gasteiger partial charge in [-0.25, -0.2) is 9.78 Å². The molecule has 3 rings (SSSR count). The molecule has 19 heavy (non-hydrogen) atoms. The summed E-state index contributed by atoms with van der Waals surface area (Å²) < 4.78 is 10.5. The molecule has 6 nitrogen and oxygen atoms in total. The topological polar surface area (TPSA) is 84.4 Å². The van der Waals surface area contributed by atoms with Crippen LogP contribution < -0.4 is 9.47 Å². The highest BCUT2D eigenvalue weighted by Crippen LogP contribution is 2.35. The molecule has 0 saturated heterocycles. The third-order valence-electron chi connectivity index (χ3n) is 2.98. The fraction of sp³-hybridized carbons (Fsp3) is 0.231. The third kappa shape index (κ3) is 1.91. The number of fused-ring (bicyclic) bond motifs is 1. The lowest BCUT2D eigenvalue weighted by Gasteiger charge is -1.99. The number of aromatic nitrogens is 2. The quantitative estimate of drug-likeness (QED) is 0.882. The number of carboxylic acids is 1. The zero-order chi connectivity index (χ0) is 13.4. The molecule has 1 aliphatic rings. The Morgan fingerprint density at radius 3 is 2.89 bits per heavy atom. The number of nitrogens with one attached hydrogen (secondary N) is 1. The maximum atomic E-state index is 11.1. The summed E-state index contributed by atoms with van der Waals surface area (Å²) in [5, 5.41) is 9.08. The minimum absolute atomic E-state index is 0.0650. The molecule has 0 bridgehead atoms. The third-order valence-corrected chi connectivity index (χ3v) is 2.98. The first-order chi connectivity index (χ1) is 9.19. The molecule has 0 saturated carbocycles. The van der Waals surface area contributed by atoms with Gasteiger partial charge in [0.25, 0.3) is 0 Å². The lowest BCUT2D eigenvalue weighted by atomic mass is 10.2. The Hall–Kier alpha value is -2.50. The number of carbonyl (C=O) groups is 1. The van der Waals surface area contributed by atoms with Crippen LogP contribution in [-0.2, 0) is 6.42 Å². The van der Waals surface area contributed by atoms with Crippen LogP contribution in [-0.4, -0.2) is 27.8 Å². The van der Waals surface area contributed by atoms with Crippen molar-refractivity contribution in [3.63, 3.8) is 0 Å². The summed E-state index contributed by atoms with van der Waals surface area (Å²) in [5.74, 6) is 0.820. The van der Waals surface area contributed by atoms with E-state index in [9.17, 15) is 4.79 Å². The fourth-order valence-corrected chi connectivity index (χ4v) is 2.02. The highest BCUT2D eigenvalue weighted by atomic mass is 16.7. The van der Waals surface area contributed by atoms with E-state index in [4.69, 9.17) is 14.6 Å². The number of aromatic amines is 1. The number of imidazole rings is 1. The lowest BCUT2D eigenvalue weighted by molar-refractivity contribution is 0.0690. The molecule has 0 spiro atoms. The smallest absolute Gasteiger partial charge is 0.356 e. The molecular weight excluding hydrogens is 248 g/mol. The standard InChI is InChI=1S/C13H12N2O4/c1-2-8-11(13(16)17)15-12(14-8)7-3-4-9-10(5-7)19-6-18-9/h3-5H,2,6H2,1H3,(H,14,15)(H,16,17). The summed E-state index contributed by atoms with van der Waals surface area (Å²) in [6.45, 7) is 2.08. The summed E-state index contributed by atoms with van der Waals surface area (Å²) in [7, 11) is 0. The molecule has 0 amide bonds. The first-order valence-electron chi connectivity index (χ1n) is 5.91. The minimum Gasteiger partial charge on any atom is -0.476 e. The van der Waals surface area contributed by atoms with Crippen molar-refractivity contribution in [3.05, 3.63) is 29.6 Å². The molecule has 1 aromatic heterocycles. The van der Waals surface area contributed by atoms with Crippen LogP contribution in [0.1, 0.15) is 23.1 Å². The van der Waals surface area contributed by atoms with E-state index in [1.165, 1.54) is 0 Å². The molecule has 0 aliphatic carbocycles. The number of benzene rings is 1. The number of carboxylic acid groups (broad SMARTS) is 1. The van der Waals surface area contributed by atoms with Crippen LogP contribution in [0.2, 0.25) is 0 Å². The number of aryl methyl sites for hydroxylation is 1. The molecule has 2 N–H and O–H groups in total. The monoisotopic (exact) mass is 260 g/mol. The van der Waals surface area contributed by atoms with E-state index in [-0.39, 0.29) is 12.5 Å². The Morgan fingerprint density at radius 1 is 1.42 bits per heavy atom. The number of rotatable bonds is 3. The van der Waals surface area contributed by atoms with Crippen molar-refractivity contribution in [1.82, 2.24) is 9.97 Å². The number of ether oxygens (including phenoxy) is 2. The maximum Gasteiger partial charge on any atom is 0.356 e. The predicted octanol–water partition coefficient (Wildman–Crippen LogP) is 2.07. The summed E-state index contributed by atoms with van der Waals surface area (Å²) >= 11 is 0. The molecule has 6 heteroatoms. The van der Waals surface area contributed by atoms with Crippen molar-refractivity contribution in [2.45, 2.75) is 13.3 Å². The summed E-state index contributed by atoms with van der Waals surface area (Å²) in [4.78, 5) is 18.2. The van der Waals surface area contributed by atoms with Gasteiger partial charge in [0, 0.05) is 11.3 Å². The normalized spacial score (nSPS) is 12.7. The Labute approximate surface area is 109 Å². The van der Waals surface area contributed by atoms with E-state index in [0.717, 1.165) is 5.56 Å². The Morgan fingerprint density at radius 2 is 2.21 bits per heavy atom. The number of H-pyrrole nitrogens is 1. The van der Waals surface area contributed by atoms with Gasteiger partial charge in [0.05, 0.1) is 0 Å². The van der Waals surface area contributed by atoms with Gasteiger partial charge < -0.3 is 19.6 Å². The van der Waals surface area contributed by atoms with E-state index in [1.807, 2.05) is 13.0 Å². The van der Waals surface area contributed by atoms with Crippen molar-refractivity contribution < 1.29 is 19.4 Å². The highest BCUT2D eigenvalue weighted by molar-refractivity contribution is 5.87. The van der Waals surface area contributed by atoms with Gasteiger partial charge >= 0.3 is 5.97 Å². The Kier molecular flexibility index (Phi) is 2.63. The predicted molar refractivity (Wildman–Crippen MR) is 66.5 cm³/mol. The van der Waals surface area contributed by atoms with Crippen LogP contribution in [0, 0.1) is 0 Å². The van der Waals surface area contributed by atoms with Crippen molar-refractivity contribution in [2.75, 3.05) is 6.79 Å². The average Bonchev–Trinajstić information content (AvgIpc) is 3.04. The molecule has 1 aliphatic heterocycles. The van der Waals surface area contributed by atoms with Gasteiger partial charge in [-0.2, -0.15) is 0 Å². The van der Waals surface area contributed by atoms with Gasteiger partial charge in [-0.1, -0.05) is 6.92 Å². The molecule has 1 aromatic carbocycles. The molecule has 0 radical (unpaired) electrons. The van der Waals surface area contributed by atoms with Crippen molar-refractivity contribution in [1.29, 1.82) is 0 Å². The first-order valence-corrected chi connectivity index (χ1v) is 5.91. The molecule has 2 aromatic rings. The number of aromatic carboxylic acids is 1. The summed E-state index contributed by atoms with van der Waals surface area (Å²) in [5.41, 5.74) is 1.45. The Balaban J connectivity index is 2.04. The number of hydrogen-bond donors (Lipinski definition) is 2. The second-order valence-corrected chi connectivity index (χ2v) is 4.14. The van der Waals surface area contributed by atoms with Crippen LogP contribution in [0.15, 0.2) is 18.2 Å². The van der Waals surface area contributed by atoms with E-state index in [2.05, 4.69) is 9.97 Å². The minimum atomic E-state index is -1.03. The van der Waals surface area contributed by atoms with Crippen molar-refractivity contribution in [3.8, 4) is 22.9 Å². The van der Waals surface area contributed by atoms with Crippen LogP contribution in [0.4, 0.5) is 0 Å². The first kappa shape index (κ1) is 11.6. The van der Waals surface area contributed by atoms with Crippen LogP contribution in [0.25, 0.3) is 11.4 Å². The second kappa shape index (κ2) is 4.31. The zero-order valence-electron chi connectivity index (χ0n) is 10.3. The average molecular weight is 260 g/mol. The summed E-state index contributed by atoms with van der Waals surface area (Å²) in [6.07, 6.45) is 0.583. The van der Waals surface area contributed by atoms with Gasteiger partial charge in [0.15, 0.2) is 17.2 Å². The molecule has 2 heterocycles. The van der Waals surface area contributed by atoms with Crippen molar-refractivity contribution in [2.24, 2.45) is 0 Å². The molecule has 0 fully saturated rings. The second-order valence-electron chi connectivity index (χ2n) is 4.14. The van der Waals surface area contributed by atoms with E-state index in [1.54, 1.807) is 12.1 Å². The maximum absolute atomic E-state index is 11.1. The van der Waals surface area contributed by atoms with Crippen LogP contribution in [0.5, 0.6) is 11.5 Å². The van der Waals surface area contributed by atoms with Gasteiger partial charge in [0.2, 0.25) is 6.79 Å². The fourth-order valence-electron chi connectivity index (χ4n) is 2.02. The highest BCUT2D eigenvalue weighted by Gasteiger charge is 2.19. The summed E-state index contributed by atoms with van der Waals surface area (Å²) in [6, 6.07) is 5.38. The van der Waals surface area contributed by atoms with Crippen molar-refractivity contribution >= 4 is 5.97 Å². The van der Waals surface area contributed by atoms with E-state index >= 15 is 0 Å². The van der Waals surface area contributed by atoms with Gasteiger partial charge in [-0.15, -0.1) is 0 Å². The van der Waals surface area contributed by atoms with Gasteiger partial charge in [0.1, 0.15) is 5.82 Å². The molecule has 0 atom stereocenters. The number of hydrogen-bond acceptors (Lipinski definition) is 4. The Bertz CT molecular complexity index is 648. The van der Waals surface area contributed by atoms with Gasteiger partial charge in [-0.3, -0.25) is 0 Å². The van der Waals surface area contributed by atoms with E-state index in [0.29, 0.717) is 29.4 Å². The molecular formula is C13H12N2O4. The molecule has 0 unspecified atom stereocenters. The van der Waals surface area contributed by atoms with E-state index < -0.39 is 5.97 Å². The van der Waals surface area contributed by atoms with Crippen LogP contribution >= 0.6 is 0 Å². The largest absolute Gasteiger partial charge is 0.476 e.